The lowest BCUT2D eigenvalue weighted by molar-refractivity contribution is 0.322. The number of benzene rings is 1. The molecule has 0 unspecified atom stereocenters. The molecule has 1 aromatic heterocycles. The first-order valence-electron chi connectivity index (χ1n) is 3.98. The van der Waals surface area contributed by atoms with Crippen molar-refractivity contribution in [3.05, 3.63) is 34.7 Å². The topological polar surface area (TPSA) is 32.6 Å². The summed E-state index contributed by atoms with van der Waals surface area (Å²) in [4.78, 5) is 1.18. The minimum atomic E-state index is 1.02. The molecule has 0 radical (unpaired) electrons. The number of hydrogen-bond acceptors (Lipinski definition) is 3. The summed E-state index contributed by atoms with van der Waals surface area (Å²) >= 11 is 1.72. The molecule has 0 saturated heterocycles. The molecule has 0 bridgehead atoms. The molecule has 3 heteroatoms. The molecule has 1 heterocycles. The molecule has 1 N–H and O–H groups in total. The molecule has 0 aliphatic heterocycles. The third-order valence-electron chi connectivity index (χ3n) is 2.01. The highest BCUT2D eigenvalue weighted by Gasteiger charge is 2.05. The summed E-state index contributed by atoms with van der Waals surface area (Å²) in [5.41, 5.74) is 1.02. The van der Waals surface area contributed by atoms with Crippen LogP contribution in [0.15, 0.2) is 29.4 Å². The molecule has 66 valence electrons. The maximum absolute atomic E-state index is 8.50. The highest BCUT2D eigenvalue weighted by molar-refractivity contribution is 7.19. The minimum Gasteiger partial charge on any atom is -0.411 e. The number of oxime groups is 1. The first kappa shape index (κ1) is 8.26. The van der Waals surface area contributed by atoms with Crippen molar-refractivity contribution in [1.29, 1.82) is 0 Å². The highest BCUT2D eigenvalue weighted by atomic mass is 32.1. The summed E-state index contributed by atoms with van der Waals surface area (Å²) in [6.07, 6.45) is 1.49. The van der Waals surface area contributed by atoms with E-state index >= 15 is 0 Å². The third-order valence-corrected chi connectivity index (χ3v) is 3.11. The normalized spacial score (nSPS) is 11.5. The average molecular weight is 191 g/mol. The number of rotatable bonds is 1. The lowest BCUT2D eigenvalue weighted by Crippen LogP contribution is -1.80. The van der Waals surface area contributed by atoms with E-state index in [1.807, 2.05) is 25.1 Å². The Morgan fingerprint density at radius 2 is 2.15 bits per heavy atom. The van der Waals surface area contributed by atoms with E-state index < -0.39 is 0 Å². The lowest BCUT2D eigenvalue weighted by Gasteiger charge is -1.89. The third kappa shape index (κ3) is 1.31. The van der Waals surface area contributed by atoms with Crippen molar-refractivity contribution in [2.75, 3.05) is 0 Å². The van der Waals surface area contributed by atoms with Gasteiger partial charge in [0.05, 0.1) is 6.21 Å². The average Bonchev–Trinajstić information content (AvgIpc) is 2.44. The van der Waals surface area contributed by atoms with Crippen molar-refractivity contribution in [1.82, 2.24) is 0 Å². The zero-order chi connectivity index (χ0) is 9.26. The van der Waals surface area contributed by atoms with Gasteiger partial charge in [0.2, 0.25) is 0 Å². The van der Waals surface area contributed by atoms with E-state index in [0.29, 0.717) is 0 Å². The standard InChI is InChI=1S/C10H9NOS/c1-7-9(6-11-12)8-4-2-3-5-10(8)13-7/h2-6,12H,1H3. The number of hydrogen-bond donors (Lipinski definition) is 1. The van der Waals surface area contributed by atoms with Crippen molar-refractivity contribution in [2.24, 2.45) is 5.16 Å². The zero-order valence-corrected chi connectivity index (χ0v) is 8.01. The molecular formula is C10H9NOS. The van der Waals surface area contributed by atoms with Crippen LogP contribution in [0.5, 0.6) is 0 Å². The van der Waals surface area contributed by atoms with Crippen molar-refractivity contribution >= 4 is 27.6 Å². The summed E-state index contributed by atoms with van der Waals surface area (Å²) in [7, 11) is 0. The van der Waals surface area contributed by atoms with Crippen LogP contribution in [0.25, 0.3) is 10.1 Å². The van der Waals surface area contributed by atoms with Gasteiger partial charge in [-0.2, -0.15) is 0 Å². The Labute approximate surface area is 80.1 Å². The molecular weight excluding hydrogens is 182 g/mol. The van der Waals surface area contributed by atoms with Crippen molar-refractivity contribution in [2.45, 2.75) is 6.92 Å². The second kappa shape index (κ2) is 3.18. The van der Waals surface area contributed by atoms with Crippen LogP contribution in [0.4, 0.5) is 0 Å². The zero-order valence-electron chi connectivity index (χ0n) is 7.19. The Balaban J connectivity index is 2.78. The van der Waals surface area contributed by atoms with Crippen LogP contribution in [0.3, 0.4) is 0 Å². The molecule has 0 fully saturated rings. The van der Waals surface area contributed by atoms with Gasteiger partial charge < -0.3 is 5.21 Å². The largest absolute Gasteiger partial charge is 0.411 e. The van der Waals surface area contributed by atoms with E-state index in [0.717, 1.165) is 10.9 Å². The Bertz CT molecular complexity index is 459. The van der Waals surface area contributed by atoms with Gasteiger partial charge in [-0.25, -0.2) is 0 Å². The molecule has 0 amide bonds. The van der Waals surface area contributed by atoms with Gasteiger partial charge in [0.25, 0.3) is 0 Å². The van der Waals surface area contributed by atoms with Gasteiger partial charge in [-0.15, -0.1) is 11.3 Å². The van der Waals surface area contributed by atoms with E-state index in [4.69, 9.17) is 5.21 Å². The fourth-order valence-corrected chi connectivity index (χ4v) is 2.44. The second-order valence-electron chi connectivity index (χ2n) is 2.81. The van der Waals surface area contributed by atoms with Gasteiger partial charge in [-0.05, 0) is 13.0 Å². The molecule has 13 heavy (non-hydrogen) atoms. The van der Waals surface area contributed by atoms with Crippen LogP contribution in [0, 0.1) is 6.92 Å². The molecule has 0 saturated carbocycles. The van der Waals surface area contributed by atoms with Crippen LogP contribution in [0.1, 0.15) is 10.4 Å². The molecule has 2 aromatic rings. The molecule has 0 atom stereocenters. The summed E-state index contributed by atoms with van der Waals surface area (Å²) < 4.78 is 1.23. The number of aryl methyl sites for hydroxylation is 1. The van der Waals surface area contributed by atoms with E-state index in [9.17, 15) is 0 Å². The SMILES string of the molecule is Cc1sc2ccccc2c1C=NO. The maximum Gasteiger partial charge on any atom is 0.0751 e. The Kier molecular flexibility index (Phi) is 2.02. The predicted molar refractivity (Wildman–Crippen MR) is 55.9 cm³/mol. The Morgan fingerprint density at radius 3 is 2.92 bits per heavy atom. The first-order valence-corrected chi connectivity index (χ1v) is 4.80. The van der Waals surface area contributed by atoms with Gasteiger partial charge in [0.15, 0.2) is 0 Å². The molecule has 0 spiro atoms. The van der Waals surface area contributed by atoms with Crippen molar-refractivity contribution < 1.29 is 5.21 Å². The molecule has 2 nitrogen and oxygen atoms in total. The molecule has 0 aliphatic carbocycles. The van der Waals surface area contributed by atoms with Crippen LogP contribution in [-0.2, 0) is 0 Å². The van der Waals surface area contributed by atoms with Gasteiger partial charge >= 0.3 is 0 Å². The summed E-state index contributed by atoms with van der Waals surface area (Å²) in [6.45, 7) is 2.03. The van der Waals surface area contributed by atoms with Gasteiger partial charge in [-0.1, -0.05) is 23.4 Å². The van der Waals surface area contributed by atoms with E-state index in [-0.39, 0.29) is 0 Å². The minimum absolute atomic E-state index is 1.02. The summed E-state index contributed by atoms with van der Waals surface area (Å²) in [6, 6.07) is 8.11. The summed E-state index contributed by atoms with van der Waals surface area (Å²) in [5.74, 6) is 0. The van der Waals surface area contributed by atoms with E-state index in [2.05, 4.69) is 11.2 Å². The van der Waals surface area contributed by atoms with Gasteiger partial charge in [0.1, 0.15) is 0 Å². The van der Waals surface area contributed by atoms with E-state index in [1.54, 1.807) is 11.3 Å². The van der Waals surface area contributed by atoms with Crippen LogP contribution < -0.4 is 0 Å². The lowest BCUT2D eigenvalue weighted by atomic mass is 10.1. The van der Waals surface area contributed by atoms with Gasteiger partial charge in [0, 0.05) is 20.5 Å². The molecule has 2 rings (SSSR count). The molecule has 1 aromatic carbocycles. The Hall–Kier alpha value is -1.35. The van der Waals surface area contributed by atoms with Crippen LogP contribution in [-0.4, -0.2) is 11.4 Å². The quantitative estimate of drug-likeness (QED) is 0.419. The molecule has 0 aliphatic rings. The fraction of sp³-hybridized carbons (Fsp3) is 0.100. The number of fused-ring (bicyclic) bond motifs is 1. The summed E-state index contributed by atoms with van der Waals surface area (Å²) in [5, 5.41) is 12.7. The van der Waals surface area contributed by atoms with Crippen LogP contribution in [0.2, 0.25) is 0 Å². The highest BCUT2D eigenvalue weighted by Crippen LogP contribution is 2.28. The van der Waals surface area contributed by atoms with E-state index in [1.165, 1.54) is 15.8 Å². The smallest absolute Gasteiger partial charge is 0.0751 e. The predicted octanol–water partition coefficient (Wildman–Crippen LogP) is 3.02. The second-order valence-corrected chi connectivity index (χ2v) is 4.07. The first-order chi connectivity index (χ1) is 6.33. The fourth-order valence-electron chi connectivity index (χ4n) is 1.41. The Morgan fingerprint density at radius 1 is 1.38 bits per heavy atom. The number of nitrogens with zero attached hydrogens (tertiary/aromatic N) is 1. The van der Waals surface area contributed by atoms with Crippen LogP contribution >= 0.6 is 11.3 Å². The van der Waals surface area contributed by atoms with Crippen molar-refractivity contribution in [3.63, 3.8) is 0 Å². The van der Waals surface area contributed by atoms with Gasteiger partial charge in [-0.3, -0.25) is 0 Å². The maximum atomic E-state index is 8.50. The number of thiophene rings is 1. The van der Waals surface area contributed by atoms with Crippen molar-refractivity contribution in [3.8, 4) is 0 Å². The monoisotopic (exact) mass is 191 g/mol.